The zero-order valence-electron chi connectivity index (χ0n) is 48.3. The van der Waals surface area contributed by atoms with E-state index in [4.69, 9.17) is 10.5 Å². The van der Waals surface area contributed by atoms with E-state index in [9.17, 15) is 44.4 Å². The van der Waals surface area contributed by atoms with E-state index in [1.165, 1.54) is 18.2 Å². The Morgan fingerprint density at radius 1 is 0.547 bits per heavy atom. The lowest BCUT2D eigenvalue weighted by Gasteiger charge is -2.25. The molecular formula is C63H74N8O12S3. The third kappa shape index (κ3) is 20.9. The average molecular weight is 1230 g/mol. The zero-order valence-corrected chi connectivity index (χ0v) is 50.8. The second kappa shape index (κ2) is 34.4. The van der Waals surface area contributed by atoms with Crippen LogP contribution in [0.2, 0.25) is 0 Å². The summed E-state index contributed by atoms with van der Waals surface area (Å²) in [6, 6.07) is 53.1. The van der Waals surface area contributed by atoms with Crippen molar-refractivity contribution in [3.63, 3.8) is 0 Å². The van der Waals surface area contributed by atoms with Gasteiger partial charge in [-0.25, -0.2) is 30.0 Å². The lowest BCUT2D eigenvalue weighted by Crippen LogP contribution is -2.30. The van der Waals surface area contributed by atoms with Crippen molar-refractivity contribution < 1.29 is 53.9 Å². The van der Waals surface area contributed by atoms with E-state index in [1.54, 1.807) is 136 Å². The van der Waals surface area contributed by atoms with Gasteiger partial charge in [0.05, 0.1) is 41.0 Å². The van der Waals surface area contributed by atoms with Crippen LogP contribution in [0.25, 0.3) is 21.5 Å². The van der Waals surface area contributed by atoms with Gasteiger partial charge in [-0.05, 0) is 169 Å². The number of aryl methyl sites for hydroxylation is 1. The minimum Gasteiger partial charge on any atom is -0.465 e. The molecule has 0 heterocycles. The van der Waals surface area contributed by atoms with Gasteiger partial charge in [0.2, 0.25) is 12.2 Å². The van der Waals surface area contributed by atoms with Crippen LogP contribution in [0.3, 0.4) is 0 Å². The van der Waals surface area contributed by atoms with E-state index in [-0.39, 0.29) is 52.5 Å². The number of esters is 2. The fourth-order valence-electron chi connectivity index (χ4n) is 8.89. The van der Waals surface area contributed by atoms with Crippen LogP contribution < -0.4 is 41.6 Å². The number of likely N-dealkylation sites (N-methyl/N-ethyl adjacent to an activating group) is 1. The molecule has 1 amide bonds. The largest absolute Gasteiger partial charge is 0.465 e. The van der Waals surface area contributed by atoms with E-state index < -0.39 is 36.0 Å². The highest BCUT2D eigenvalue weighted by Gasteiger charge is 2.21. The Morgan fingerprint density at radius 3 is 1.38 bits per heavy atom. The molecule has 8 aromatic rings. The van der Waals surface area contributed by atoms with Crippen LogP contribution >= 0.6 is 0 Å². The Kier molecular flexibility index (Phi) is 27.3. The molecule has 0 aromatic heterocycles. The standard InChI is InChI=1S/C21H22N2O4S.C20H21N3O3S.C17H20N2O2S.C4H6O3.CH5N/c1-2-27-21(24)15-22-14-17-8-6-7-16-13-18(11-12-20(16)17)23-28(25,26)19-9-4-3-5-10-19;1-21-20(24)14-22-13-16-7-5-6-15-12-17(10-11-19(15)16)23-27(25,26)18-8-3-2-4-9-18;18-12-14-6-4-5-13-11-15(9-10-17(13)14)19-22(20,21)16-7-2-1-3-8-16;1-2-7-4(6)3-5;1-2/h3-13,22-23H,2,14-15H2,1H3;2-12,22-23H,13-14H2,1H3,(H,21,24);1-3,7-11,14,19H,4-6,12,18H2;3H,2H2,1H3;2H2,1H3. The number of sulfonamides is 3. The van der Waals surface area contributed by atoms with Gasteiger partial charge >= 0.3 is 11.9 Å². The van der Waals surface area contributed by atoms with E-state index in [1.807, 2.05) is 66.7 Å². The Labute approximate surface area is 503 Å². The summed E-state index contributed by atoms with van der Waals surface area (Å²) >= 11 is 0. The Bertz CT molecular complexity index is 3850. The summed E-state index contributed by atoms with van der Waals surface area (Å²) in [5, 5.41) is 12.5. The van der Waals surface area contributed by atoms with Crippen molar-refractivity contribution >= 4 is 92.8 Å². The van der Waals surface area contributed by atoms with Crippen LogP contribution in [0.4, 0.5) is 17.1 Å². The van der Waals surface area contributed by atoms with Crippen LogP contribution in [0.5, 0.6) is 0 Å². The summed E-state index contributed by atoms with van der Waals surface area (Å²) in [7, 11) is -7.70. The van der Waals surface area contributed by atoms with E-state index in [2.05, 4.69) is 40.6 Å². The van der Waals surface area contributed by atoms with Crippen molar-refractivity contribution in [2.24, 2.45) is 11.5 Å². The maximum atomic E-state index is 12.5. The number of carbonyl (C=O) groups is 4. The number of aldehydes is 1. The highest BCUT2D eigenvalue weighted by atomic mass is 32.2. The van der Waals surface area contributed by atoms with Gasteiger partial charge in [0.1, 0.15) is 0 Å². The molecule has 9 rings (SSSR count). The number of anilines is 3. The van der Waals surface area contributed by atoms with Crippen LogP contribution in [0, 0.1) is 0 Å². The quantitative estimate of drug-likeness (QED) is 0.0192. The van der Waals surface area contributed by atoms with Crippen LogP contribution in [-0.2, 0) is 78.2 Å². The van der Waals surface area contributed by atoms with Crippen LogP contribution in [-0.4, -0.2) is 96.3 Å². The number of nitrogens with two attached hydrogens (primary N) is 2. The Hall–Kier alpha value is -8.55. The topological polar surface area (TPSA) is 313 Å². The second-order valence-corrected chi connectivity index (χ2v) is 23.8. The Morgan fingerprint density at radius 2 is 0.977 bits per heavy atom. The summed E-state index contributed by atoms with van der Waals surface area (Å²) in [5.41, 5.74) is 16.4. The van der Waals surface area contributed by atoms with Crippen molar-refractivity contribution in [3.05, 3.63) is 204 Å². The fourth-order valence-corrected chi connectivity index (χ4v) is 12.1. The number of rotatable bonds is 21. The molecule has 0 fully saturated rings. The first-order valence-corrected chi connectivity index (χ1v) is 31.9. The van der Waals surface area contributed by atoms with Gasteiger partial charge in [-0.1, -0.05) is 109 Å². The minimum absolute atomic E-state index is 0.0761. The highest BCUT2D eigenvalue weighted by Crippen LogP contribution is 2.33. The molecule has 456 valence electrons. The van der Waals surface area contributed by atoms with Gasteiger partial charge in [0.25, 0.3) is 30.1 Å². The molecule has 1 atom stereocenters. The number of ether oxygens (including phenoxy) is 2. The molecule has 0 spiro atoms. The van der Waals surface area contributed by atoms with Crippen LogP contribution in [0.15, 0.2) is 197 Å². The fraction of sp³-hybridized carbons (Fsp3) is 0.238. The molecule has 1 aliphatic carbocycles. The van der Waals surface area contributed by atoms with Gasteiger partial charge in [-0.3, -0.25) is 28.5 Å². The molecule has 0 radical (unpaired) electrons. The van der Waals surface area contributed by atoms with Crippen LogP contribution in [0.1, 0.15) is 54.9 Å². The first-order chi connectivity index (χ1) is 41.4. The van der Waals surface area contributed by atoms with Gasteiger partial charge in [-0.2, -0.15) is 0 Å². The summed E-state index contributed by atoms with van der Waals surface area (Å²) in [5.74, 6) is -0.779. The average Bonchev–Trinajstić information content (AvgIpc) is 2.02. The molecule has 8 aromatic carbocycles. The number of hydrogen-bond donors (Lipinski definition) is 8. The summed E-state index contributed by atoms with van der Waals surface area (Å²) in [6.07, 6.45) is 3.33. The third-order valence-electron chi connectivity index (χ3n) is 12.9. The molecule has 0 bridgehead atoms. The molecule has 0 saturated heterocycles. The molecule has 23 heteroatoms. The van der Waals surface area contributed by atoms with E-state index in [0.717, 1.165) is 51.9 Å². The van der Waals surface area contributed by atoms with Gasteiger partial charge in [-0.15, -0.1) is 0 Å². The molecular weight excluding hydrogens is 1160 g/mol. The summed E-state index contributed by atoms with van der Waals surface area (Å²) in [4.78, 5) is 42.7. The molecule has 10 N–H and O–H groups in total. The molecule has 20 nitrogen and oxygen atoms in total. The smallest absolute Gasteiger partial charge is 0.371 e. The number of fused-ring (bicyclic) bond motifs is 3. The van der Waals surface area contributed by atoms with Crippen molar-refractivity contribution in [2.45, 2.75) is 66.8 Å². The minimum atomic E-state index is -3.64. The third-order valence-corrected chi connectivity index (χ3v) is 17.1. The number of amides is 1. The monoisotopic (exact) mass is 1230 g/mol. The van der Waals surface area contributed by atoms with Gasteiger partial charge < -0.3 is 36.9 Å². The molecule has 0 aliphatic heterocycles. The number of benzene rings is 8. The van der Waals surface area contributed by atoms with Crippen molar-refractivity contribution in [1.29, 1.82) is 0 Å². The maximum Gasteiger partial charge on any atom is 0.371 e. The molecule has 1 unspecified atom stereocenters. The summed E-state index contributed by atoms with van der Waals surface area (Å²) in [6.45, 7) is 6.09. The normalized spacial score (nSPS) is 12.5. The predicted molar refractivity (Wildman–Crippen MR) is 338 cm³/mol. The van der Waals surface area contributed by atoms with Gasteiger partial charge in [0, 0.05) is 37.2 Å². The Balaban J connectivity index is 0.000000221. The lowest BCUT2D eigenvalue weighted by atomic mass is 9.83. The van der Waals surface area contributed by atoms with Gasteiger partial charge in [0.15, 0.2) is 0 Å². The molecule has 0 saturated carbocycles. The SMILES string of the molecule is CCOC(=O)C=O.CCOC(=O)CNCc1cccc2cc(NS(=O)(=O)c3ccccc3)ccc12.CN.CNC(=O)CNCc1cccc2cc(NS(=O)(=O)c3ccccc3)ccc12.NCC1CCCc2cc(NS(=O)(=O)c3ccccc3)ccc21. The van der Waals surface area contributed by atoms with E-state index in [0.29, 0.717) is 49.2 Å². The molecule has 86 heavy (non-hydrogen) atoms. The zero-order chi connectivity index (χ0) is 62.5. The maximum absolute atomic E-state index is 12.5. The number of carbonyl (C=O) groups excluding carboxylic acids is 4. The van der Waals surface area contributed by atoms with Crippen molar-refractivity contribution in [3.8, 4) is 0 Å². The van der Waals surface area contributed by atoms with E-state index >= 15 is 0 Å². The highest BCUT2D eigenvalue weighted by molar-refractivity contribution is 7.93. The first-order valence-electron chi connectivity index (χ1n) is 27.5. The first kappa shape index (κ1) is 68.2. The second-order valence-electron chi connectivity index (χ2n) is 18.8. The number of hydrogen-bond acceptors (Lipinski definition) is 16. The van der Waals surface area contributed by atoms with Crippen molar-refractivity contribution in [1.82, 2.24) is 16.0 Å². The van der Waals surface area contributed by atoms with Crippen molar-refractivity contribution in [2.75, 3.05) is 61.1 Å². The number of nitrogens with one attached hydrogen (secondary N) is 6. The lowest BCUT2D eigenvalue weighted by molar-refractivity contribution is -0.148. The summed E-state index contributed by atoms with van der Waals surface area (Å²) < 4.78 is 91.6. The predicted octanol–water partition coefficient (Wildman–Crippen LogP) is 7.96. The molecule has 1 aliphatic rings.